The van der Waals surface area contributed by atoms with Crippen molar-refractivity contribution < 1.29 is 9.13 Å². The molecule has 1 aromatic rings. The molecule has 21 heavy (non-hydrogen) atoms. The van der Waals surface area contributed by atoms with Crippen LogP contribution in [0.1, 0.15) is 52.4 Å². The van der Waals surface area contributed by atoms with E-state index in [-0.39, 0.29) is 11.6 Å². The third-order valence-corrected chi connectivity index (χ3v) is 4.35. The minimum atomic E-state index is -0.388. The Hall–Kier alpha value is -1.45. The molecule has 0 spiro atoms. The van der Waals surface area contributed by atoms with E-state index in [0.29, 0.717) is 18.3 Å². The molecule has 1 aliphatic carbocycles. The Morgan fingerprint density at radius 2 is 1.95 bits per heavy atom. The van der Waals surface area contributed by atoms with E-state index in [1.807, 2.05) is 6.92 Å². The molecule has 1 aliphatic rings. The molecule has 0 unspecified atom stereocenters. The number of nitrogen functional groups attached to an aromatic ring is 1. The maximum absolute atomic E-state index is 13.8. The van der Waals surface area contributed by atoms with E-state index in [1.54, 1.807) is 6.07 Å². The number of anilines is 2. The number of benzene rings is 1. The second-order valence-electron chi connectivity index (χ2n) is 5.99. The molecule has 1 fully saturated rings. The maximum Gasteiger partial charge on any atom is 0.167 e. The normalized spacial score (nSPS) is 22.0. The van der Waals surface area contributed by atoms with Gasteiger partial charge in [-0.15, -0.1) is 0 Å². The number of halogens is 1. The van der Waals surface area contributed by atoms with Crippen molar-refractivity contribution in [3.8, 4) is 5.75 Å². The van der Waals surface area contributed by atoms with Crippen LogP contribution in [-0.4, -0.2) is 12.6 Å². The first kappa shape index (κ1) is 15.9. The minimum absolute atomic E-state index is 0.288. The van der Waals surface area contributed by atoms with Crippen LogP contribution >= 0.6 is 0 Å². The first-order valence-corrected chi connectivity index (χ1v) is 8.12. The molecule has 0 atom stereocenters. The van der Waals surface area contributed by atoms with Gasteiger partial charge in [-0.25, -0.2) is 4.39 Å². The lowest BCUT2D eigenvalue weighted by atomic mass is 9.84. The lowest BCUT2D eigenvalue weighted by Crippen LogP contribution is -2.26. The Bertz CT molecular complexity index is 456. The predicted molar refractivity (Wildman–Crippen MR) is 86.3 cm³/mol. The topological polar surface area (TPSA) is 47.3 Å². The second-order valence-corrected chi connectivity index (χ2v) is 5.99. The molecule has 3 N–H and O–H groups in total. The number of ether oxygens (including phenoxy) is 1. The van der Waals surface area contributed by atoms with E-state index < -0.39 is 0 Å². The van der Waals surface area contributed by atoms with Crippen LogP contribution in [-0.2, 0) is 0 Å². The summed E-state index contributed by atoms with van der Waals surface area (Å²) < 4.78 is 19.2. The van der Waals surface area contributed by atoms with E-state index in [4.69, 9.17) is 10.5 Å². The summed E-state index contributed by atoms with van der Waals surface area (Å²) in [6.45, 7) is 4.77. The lowest BCUT2D eigenvalue weighted by molar-refractivity contribution is 0.301. The first-order valence-electron chi connectivity index (χ1n) is 8.12. The van der Waals surface area contributed by atoms with Crippen molar-refractivity contribution in [3.63, 3.8) is 0 Å². The van der Waals surface area contributed by atoms with Gasteiger partial charge in [0.1, 0.15) is 0 Å². The molecule has 2 rings (SSSR count). The van der Waals surface area contributed by atoms with Gasteiger partial charge in [0, 0.05) is 18.2 Å². The fraction of sp³-hybridized carbons (Fsp3) is 0.647. The molecule has 3 nitrogen and oxygen atoms in total. The van der Waals surface area contributed by atoms with Crippen molar-refractivity contribution in [1.29, 1.82) is 0 Å². The van der Waals surface area contributed by atoms with Crippen LogP contribution in [0.4, 0.5) is 15.8 Å². The number of hydrogen-bond acceptors (Lipinski definition) is 3. The van der Waals surface area contributed by atoms with Crippen molar-refractivity contribution in [2.75, 3.05) is 17.7 Å². The lowest BCUT2D eigenvalue weighted by Gasteiger charge is -2.29. The molecule has 0 saturated heterocycles. The quantitative estimate of drug-likeness (QED) is 0.755. The predicted octanol–water partition coefficient (Wildman–Crippen LogP) is 4.58. The summed E-state index contributed by atoms with van der Waals surface area (Å²) in [6, 6.07) is 3.48. The average molecular weight is 294 g/mol. The highest BCUT2D eigenvalue weighted by Crippen LogP contribution is 2.33. The van der Waals surface area contributed by atoms with Crippen molar-refractivity contribution in [1.82, 2.24) is 0 Å². The molecule has 118 valence electrons. The third-order valence-electron chi connectivity index (χ3n) is 4.35. The maximum atomic E-state index is 13.8. The van der Waals surface area contributed by atoms with Gasteiger partial charge in [0.15, 0.2) is 11.6 Å². The summed E-state index contributed by atoms with van der Waals surface area (Å²) in [5.41, 5.74) is 7.18. The molecule has 4 heteroatoms. The van der Waals surface area contributed by atoms with Crippen LogP contribution < -0.4 is 15.8 Å². The third kappa shape index (κ3) is 4.26. The first-order chi connectivity index (χ1) is 10.1. The summed E-state index contributed by atoms with van der Waals surface area (Å²) in [5.74, 6) is 0.758. The van der Waals surface area contributed by atoms with Crippen molar-refractivity contribution in [2.45, 2.75) is 58.4 Å². The Morgan fingerprint density at radius 3 is 2.57 bits per heavy atom. The molecular formula is C17H27FN2O. The Morgan fingerprint density at radius 1 is 1.24 bits per heavy atom. The zero-order chi connectivity index (χ0) is 15.2. The van der Waals surface area contributed by atoms with E-state index >= 15 is 0 Å². The minimum Gasteiger partial charge on any atom is -0.490 e. The Labute approximate surface area is 127 Å². The fourth-order valence-electron chi connectivity index (χ4n) is 2.95. The SMILES string of the molecule is CCCOc1cc(NC2CCC(CC)CC2)c(N)cc1F. The molecule has 1 aromatic carbocycles. The van der Waals surface area contributed by atoms with Crippen LogP contribution in [0, 0.1) is 11.7 Å². The van der Waals surface area contributed by atoms with Crippen LogP contribution in [0.25, 0.3) is 0 Å². The molecule has 0 aromatic heterocycles. The summed E-state index contributed by atoms with van der Waals surface area (Å²) in [6.07, 6.45) is 6.94. The van der Waals surface area contributed by atoms with E-state index in [0.717, 1.165) is 30.9 Å². The fourth-order valence-corrected chi connectivity index (χ4v) is 2.95. The van der Waals surface area contributed by atoms with Crippen molar-refractivity contribution >= 4 is 11.4 Å². The van der Waals surface area contributed by atoms with Crippen molar-refractivity contribution in [2.24, 2.45) is 5.92 Å². The van der Waals surface area contributed by atoms with E-state index in [1.165, 1.54) is 25.3 Å². The molecule has 0 radical (unpaired) electrons. The summed E-state index contributed by atoms with van der Waals surface area (Å²) in [7, 11) is 0. The van der Waals surface area contributed by atoms with Gasteiger partial charge in [-0.3, -0.25) is 0 Å². The second kappa shape index (κ2) is 7.53. The standard InChI is InChI=1S/C17H27FN2O/c1-3-9-21-17-11-16(15(19)10-14(17)18)20-13-7-5-12(4-2)6-8-13/h10-13,20H,3-9,19H2,1-2H3. The van der Waals surface area contributed by atoms with Gasteiger partial charge in [0.2, 0.25) is 0 Å². The molecule has 0 bridgehead atoms. The van der Waals surface area contributed by atoms with E-state index in [9.17, 15) is 4.39 Å². The Balaban J connectivity index is 2.02. The number of nitrogens with two attached hydrogens (primary N) is 1. The summed E-state index contributed by atoms with van der Waals surface area (Å²) >= 11 is 0. The van der Waals surface area contributed by atoms with Gasteiger partial charge in [-0.1, -0.05) is 20.3 Å². The number of rotatable bonds is 6. The Kier molecular flexibility index (Phi) is 5.71. The zero-order valence-corrected chi connectivity index (χ0v) is 13.1. The molecule has 1 saturated carbocycles. The smallest absolute Gasteiger partial charge is 0.167 e. The van der Waals surface area contributed by atoms with E-state index in [2.05, 4.69) is 12.2 Å². The van der Waals surface area contributed by atoms with Crippen LogP contribution in [0.5, 0.6) is 5.75 Å². The van der Waals surface area contributed by atoms with Crippen LogP contribution in [0.15, 0.2) is 12.1 Å². The molecule has 0 aliphatic heterocycles. The van der Waals surface area contributed by atoms with Gasteiger partial charge in [0.25, 0.3) is 0 Å². The van der Waals surface area contributed by atoms with Gasteiger partial charge in [0.05, 0.1) is 18.0 Å². The van der Waals surface area contributed by atoms with Crippen LogP contribution in [0.2, 0.25) is 0 Å². The number of nitrogens with one attached hydrogen (secondary N) is 1. The highest BCUT2D eigenvalue weighted by atomic mass is 19.1. The largest absolute Gasteiger partial charge is 0.490 e. The molecular weight excluding hydrogens is 267 g/mol. The molecule has 0 amide bonds. The molecule has 0 heterocycles. The van der Waals surface area contributed by atoms with Gasteiger partial charge < -0.3 is 15.8 Å². The zero-order valence-electron chi connectivity index (χ0n) is 13.1. The van der Waals surface area contributed by atoms with Crippen molar-refractivity contribution in [3.05, 3.63) is 17.9 Å². The van der Waals surface area contributed by atoms with Crippen LogP contribution in [0.3, 0.4) is 0 Å². The van der Waals surface area contributed by atoms with Gasteiger partial charge in [-0.2, -0.15) is 0 Å². The number of hydrogen-bond donors (Lipinski definition) is 2. The monoisotopic (exact) mass is 294 g/mol. The highest BCUT2D eigenvalue weighted by molar-refractivity contribution is 5.69. The summed E-state index contributed by atoms with van der Waals surface area (Å²) in [5, 5.41) is 3.47. The average Bonchev–Trinajstić information content (AvgIpc) is 2.49. The van der Waals surface area contributed by atoms with Gasteiger partial charge >= 0.3 is 0 Å². The summed E-state index contributed by atoms with van der Waals surface area (Å²) in [4.78, 5) is 0. The van der Waals surface area contributed by atoms with Gasteiger partial charge in [-0.05, 0) is 38.0 Å². The highest BCUT2D eigenvalue weighted by Gasteiger charge is 2.21.